The van der Waals surface area contributed by atoms with Crippen molar-refractivity contribution < 1.29 is 4.92 Å². The van der Waals surface area contributed by atoms with E-state index in [9.17, 15) is 10.1 Å². The first-order valence-corrected chi connectivity index (χ1v) is 6.97. The van der Waals surface area contributed by atoms with Crippen LogP contribution >= 0.6 is 0 Å². The van der Waals surface area contributed by atoms with Crippen molar-refractivity contribution in [3.8, 4) is 0 Å². The summed E-state index contributed by atoms with van der Waals surface area (Å²) in [6.07, 6.45) is 4.50. The highest BCUT2D eigenvalue weighted by molar-refractivity contribution is 5.73. The minimum absolute atomic E-state index is 0.0398. The largest absolute Gasteiger partial charge is 0.354 e. The van der Waals surface area contributed by atoms with Crippen molar-refractivity contribution in [3.63, 3.8) is 0 Å². The number of aromatic nitrogens is 2. The fraction of sp³-hybridized carbons (Fsp3) is 0.286. The monoisotopic (exact) mass is 302 g/mol. The molecule has 0 saturated heterocycles. The van der Waals surface area contributed by atoms with Crippen LogP contribution in [0.1, 0.15) is 25.3 Å². The highest BCUT2D eigenvalue weighted by atomic mass is 16.6. The van der Waals surface area contributed by atoms with Crippen LogP contribution in [-0.2, 0) is 6.42 Å². The average Bonchev–Trinajstić information content (AvgIpc) is 2.53. The quantitative estimate of drug-likeness (QED) is 0.408. The zero-order valence-electron chi connectivity index (χ0n) is 12.2. The molecule has 4 N–H and O–H groups in total. The van der Waals surface area contributed by atoms with E-state index in [1.165, 1.54) is 11.9 Å². The van der Waals surface area contributed by atoms with Crippen molar-refractivity contribution in [2.24, 2.45) is 5.84 Å². The predicted molar refractivity (Wildman–Crippen MR) is 84.8 cm³/mol. The molecule has 0 bridgehead atoms. The molecular formula is C14H18N6O2. The molecule has 0 radical (unpaired) electrons. The minimum Gasteiger partial charge on any atom is -0.334 e. The molecule has 8 nitrogen and oxygen atoms in total. The molecule has 2 rings (SSSR count). The van der Waals surface area contributed by atoms with Gasteiger partial charge in [0.05, 0.1) is 4.92 Å². The van der Waals surface area contributed by atoms with E-state index in [0.717, 1.165) is 19.3 Å². The van der Waals surface area contributed by atoms with E-state index in [-0.39, 0.29) is 17.3 Å². The van der Waals surface area contributed by atoms with Crippen LogP contribution in [0.15, 0.2) is 30.6 Å². The lowest BCUT2D eigenvalue weighted by molar-refractivity contribution is -0.383. The molecule has 0 unspecified atom stereocenters. The topological polar surface area (TPSA) is 119 Å². The van der Waals surface area contributed by atoms with E-state index >= 15 is 0 Å². The van der Waals surface area contributed by atoms with Crippen molar-refractivity contribution in [2.75, 3.05) is 10.7 Å². The molecule has 1 heterocycles. The number of nitrogens with two attached hydrogens (primary N) is 1. The number of hydrogen-bond donors (Lipinski definition) is 3. The first-order valence-electron chi connectivity index (χ1n) is 6.97. The Hall–Kier alpha value is -2.74. The standard InChI is InChI=1S/C14H18N6O2/c1-2-3-4-10-5-7-11(8-6-10)18-13-12(20(21)22)14(19-15)17-9-16-13/h5-9H,2-4,15H2,1H3,(H2,16,17,18,19). The molecule has 0 aliphatic carbocycles. The molecule has 0 amide bonds. The number of benzene rings is 1. The maximum atomic E-state index is 11.2. The highest BCUT2D eigenvalue weighted by Crippen LogP contribution is 2.30. The second kappa shape index (κ2) is 7.32. The van der Waals surface area contributed by atoms with Gasteiger partial charge in [0.1, 0.15) is 6.33 Å². The van der Waals surface area contributed by atoms with Crippen molar-refractivity contribution in [1.29, 1.82) is 0 Å². The summed E-state index contributed by atoms with van der Waals surface area (Å²) in [6, 6.07) is 7.72. The minimum atomic E-state index is -0.576. The van der Waals surface area contributed by atoms with Gasteiger partial charge in [0.2, 0.25) is 11.6 Å². The summed E-state index contributed by atoms with van der Waals surface area (Å²) in [5, 5.41) is 14.1. The zero-order valence-corrected chi connectivity index (χ0v) is 12.2. The number of aryl methyl sites for hydroxylation is 1. The van der Waals surface area contributed by atoms with Crippen molar-refractivity contribution >= 4 is 23.0 Å². The third-order valence-electron chi connectivity index (χ3n) is 3.18. The molecule has 8 heteroatoms. The van der Waals surface area contributed by atoms with Gasteiger partial charge < -0.3 is 10.7 Å². The van der Waals surface area contributed by atoms with Gasteiger partial charge in [-0.05, 0) is 30.5 Å². The lowest BCUT2D eigenvalue weighted by Gasteiger charge is -2.08. The number of anilines is 3. The third-order valence-corrected chi connectivity index (χ3v) is 3.18. The second-order valence-corrected chi connectivity index (χ2v) is 4.75. The summed E-state index contributed by atoms with van der Waals surface area (Å²) in [7, 11) is 0. The Kier molecular flexibility index (Phi) is 5.21. The van der Waals surface area contributed by atoms with Crippen LogP contribution in [0.2, 0.25) is 0 Å². The van der Waals surface area contributed by atoms with Crippen molar-refractivity contribution in [3.05, 3.63) is 46.3 Å². The third kappa shape index (κ3) is 3.67. The Morgan fingerprint density at radius 1 is 1.23 bits per heavy atom. The van der Waals surface area contributed by atoms with Gasteiger partial charge in [-0.2, -0.15) is 0 Å². The molecular weight excluding hydrogens is 284 g/mol. The summed E-state index contributed by atoms with van der Waals surface area (Å²) in [5.41, 5.74) is 3.85. The summed E-state index contributed by atoms with van der Waals surface area (Å²) in [4.78, 5) is 18.2. The maximum absolute atomic E-state index is 11.2. The van der Waals surface area contributed by atoms with Crippen LogP contribution in [0.25, 0.3) is 0 Å². The fourth-order valence-electron chi connectivity index (χ4n) is 2.02. The molecule has 0 aliphatic heterocycles. The summed E-state index contributed by atoms with van der Waals surface area (Å²) in [6.45, 7) is 2.15. The van der Waals surface area contributed by atoms with Gasteiger partial charge in [-0.1, -0.05) is 25.5 Å². The van der Waals surface area contributed by atoms with Gasteiger partial charge in [-0.15, -0.1) is 0 Å². The molecule has 0 atom stereocenters. The van der Waals surface area contributed by atoms with E-state index in [1.807, 2.05) is 24.3 Å². The molecule has 0 saturated carbocycles. The van der Waals surface area contributed by atoms with E-state index in [1.54, 1.807) is 0 Å². The zero-order chi connectivity index (χ0) is 15.9. The van der Waals surface area contributed by atoms with Crippen LogP contribution in [-0.4, -0.2) is 14.9 Å². The Morgan fingerprint density at radius 2 is 1.91 bits per heavy atom. The Labute approximate surface area is 127 Å². The van der Waals surface area contributed by atoms with Crippen LogP contribution in [0.5, 0.6) is 0 Å². The Balaban J connectivity index is 2.22. The van der Waals surface area contributed by atoms with E-state index < -0.39 is 4.92 Å². The smallest absolute Gasteiger partial charge is 0.334 e. The highest BCUT2D eigenvalue weighted by Gasteiger charge is 2.22. The normalized spacial score (nSPS) is 10.3. The second-order valence-electron chi connectivity index (χ2n) is 4.75. The number of nitro groups is 1. The first-order chi connectivity index (χ1) is 10.7. The van der Waals surface area contributed by atoms with E-state index in [2.05, 4.69) is 27.6 Å². The molecule has 1 aromatic heterocycles. The molecule has 22 heavy (non-hydrogen) atoms. The molecule has 0 aliphatic rings. The number of rotatable bonds is 7. The van der Waals surface area contributed by atoms with Crippen LogP contribution in [0, 0.1) is 10.1 Å². The van der Waals surface area contributed by atoms with Gasteiger partial charge in [0.15, 0.2) is 0 Å². The van der Waals surface area contributed by atoms with Gasteiger partial charge >= 0.3 is 5.69 Å². The van der Waals surface area contributed by atoms with Crippen molar-refractivity contribution in [2.45, 2.75) is 26.2 Å². The van der Waals surface area contributed by atoms with Gasteiger partial charge in [-0.3, -0.25) is 10.1 Å². The van der Waals surface area contributed by atoms with E-state index in [4.69, 9.17) is 5.84 Å². The van der Waals surface area contributed by atoms with Gasteiger partial charge in [0, 0.05) is 5.69 Å². The molecule has 1 aromatic carbocycles. The predicted octanol–water partition coefficient (Wildman–Crippen LogP) is 2.76. The summed E-state index contributed by atoms with van der Waals surface area (Å²) in [5.74, 6) is 5.30. The lowest BCUT2D eigenvalue weighted by Crippen LogP contribution is -2.12. The Bertz CT molecular complexity index is 644. The molecule has 0 fully saturated rings. The van der Waals surface area contributed by atoms with E-state index in [0.29, 0.717) is 5.69 Å². The van der Waals surface area contributed by atoms with Crippen LogP contribution in [0.3, 0.4) is 0 Å². The molecule has 116 valence electrons. The Morgan fingerprint density at radius 3 is 2.50 bits per heavy atom. The molecule has 2 aromatic rings. The van der Waals surface area contributed by atoms with Crippen LogP contribution < -0.4 is 16.6 Å². The number of unbranched alkanes of at least 4 members (excludes halogenated alkanes) is 1. The lowest BCUT2D eigenvalue weighted by atomic mass is 10.1. The summed E-state index contributed by atoms with van der Waals surface area (Å²) >= 11 is 0. The number of nitrogens with zero attached hydrogens (tertiary/aromatic N) is 3. The van der Waals surface area contributed by atoms with Gasteiger partial charge in [-0.25, -0.2) is 15.8 Å². The SMILES string of the molecule is CCCCc1ccc(Nc2ncnc(NN)c2[N+](=O)[O-])cc1. The first kappa shape index (κ1) is 15.6. The number of hydrazine groups is 1. The number of hydrogen-bond acceptors (Lipinski definition) is 7. The number of nitrogen functional groups attached to an aromatic ring is 1. The van der Waals surface area contributed by atoms with Gasteiger partial charge in [0.25, 0.3) is 0 Å². The fourth-order valence-corrected chi connectivity index (χ4v) is 2.02. The average molecular weight is 302 g/mol. The summed E-state index contributed by atoms with van der Waals surface area (Å²) < 4.78 is 0. The van der Waals surface area contributed by atoms with Crippen molar-refractivity contribution in [1.82, 2.24) is 9.97 Å². The maximum Gasteiger partial charge on any atom is 0.354 e. The number of nitrogens with one attached hydrogen (secondary N) is 2. The van der Waals surface area contributed by atoms with Crippen LogP contribution in [0.4, 0.5) is 23.0 Å². The molecule has 0 spiro atoms.